The van der Waals surface area contributed by atoms with Crippen molar-refractivity contribution in [1.82, 2.24) is 15.2 Å². The minimum absolute atomic E-state index is 0.102. The van der Waals surface area contributed by atoms with Crippen molar-refractivity contribution in [3.63, 3.8) is 0 Å². The van der Waals surface area contributed by atoms with E-state index in [0.29, 0.717) is 12.3 Å². The first-order valence-electron chi connectivity index (χ1n) is 9.44. The maximum absolute atomic E-state index is 12.3. The average molecular weight is 397 g/mol. The van der Waals surface area contributed by atoms with E-state index in [1.54, 1.807) is 33.2 Å². The van der Waals surface area contributed by atoms with Crippen LogP contribution in [0, 0.1) is 0 Å². The zero-order valence-electron chi connectivity index (χ0n) is 16.5. The van der Waals surface area contributed by atoms with Gasteiger partial charge >= 0.3 is 12.2 Å². The van der Waals surface area contributed by atoms with Gasteiger partial charge in [-0.1, -0.05) is 12.1 Å². The molecular weight excluding hydrogens is 374 g/mol. The zero-order valence-corrected chi connectivity index (χ0v) is 16.5. The Bertz CT molecular complexity index is 926. The van der Waals surface area contributed by atoms with Crippen molar-refractivity contribution in [2.75, 3.05) is 6.54 Å². The largest absolute Gasteiger partial charge is 0.466 e. The summed E-state index contributed by atoms with van der Waals surface area (Å²) < 4.78 is 16.7. The molecule has 0 bridgehead atoms. The highest BCUT2D eigenvalue weighted by Crippen LogP contribution is 2.36. The van der Waals surface area contributed by atoms with Crippen LogP contribution in [0.3, 0.4) is 0 Å². The van der Waals surface area contributed by atoms with Crippen LogP contribution >= 0.6 is 0 Å². The SMILES string of the molecule is CC(C)(C)OC(=O)NC[C@@H]1OC(=O)N2Cc3cc(-c4cccnc4)ccc3O[C@@H]12. The summed E-state index contributed by atoms with van der Waals surface area (Å²) in [6.07, 6.45) is 1.25. The van der Waals surface area contributed by atoms with Crippen LogP contribution < -0.4 is 10.1 Å². The van der Waals surface area contributed by atoms with Gasteiger partial charge in [0.2, 0.25) is 6.23 Å². The van der Waals surface area contributed by atoms with E-state index in [1.165, 1.54) is 4.90 Å². The van der Waals surface area contributed by atoms with Crippen LogP contribution in [0.15, 0.2) is 42.7 Å². The van der Waals surface area contributed by atoms with Crippen molar-refractivity contribution < 1.29 is 23.8 Å². The van der Waals surface area contributed by atoms with E-state index in [-0.39, 0.29) is 6.54 Å². The Balaban J connectivity index is 1.47. The first-order chi connectivity index (χ1) is 13.8. The van der Waals surface area contributed by atoms with Crippen LogP contribution in [0.4, 0.5) is 9.59 Å². The standard InChI is InChI=1S/C21H23N3O5/c1-21(2,3)29-19(25)23-11-17-18-24(20(26)28-17)12-15-9-13(6-7-16(15)27-18)14-5-4-8-22-10-14/h4-10,17-18H,11-12H2,1-3H3,(H,23,25)/t17-,18-/m0/s1. The molecule has 2 atom stereocenters. The van der Waals surface area contributed by atoms with Gasteiger partial charge < -0.3 is 19.5 Å². The fourth-order valence-electron chi connectivity index (χ4n) is 3.34. The van der Waals surface area contributed by atoms with Gasteiger partial charge in [-0.05, 0) is 44.5 Å². The topological polar surface area (TPSA) is 90.0 Å². The normalized spacial score (nSPS) is 20.2. The molecule has 1 fully saturated rings. The van der Waals surface area contributed by atoms with Crippen molar-refractivity contribution in [2.45, 2.75) is 45.2 Å². The van der Waals surface area contributed by atoms with E-state index in [2.05, 4.69) is 10.3 Å². The van der Waals surface area contributed by atoms with E-state index >= 15 is 0 Å². The van der Waals surface area contributed by atoms with Crippen LogP contribution in [0.5, 0.6) is 5.75 Å². The van der Waals surface area contributed by atoms with E-state index in [1.807, 2.05) is 30.3 Å². The Morgan fingerprint density at radius 1 is 1.28 bits per heavy atom. The molecule has 1 N–H and O–H groups in total. The quantitative estimate of drug-likeness (QED) is 0.855. The summed E-state index contributed by atoms with van der Waals surface area (Å²) in [6, 6.07) is 9.68. The number of carbonyl (C=O) groups excluding carboxylic acids is 2. The summed E-state index contributed by atoms with van der Waals surface area (Å²) in [6.45, 7) is 5.82. The molecule has 0 saturated carbocycles. The van der Waals surface area contributed by atoms with Gasteiger partial charge in [0.15, 0.2) is 6.10 Å². The van der Waals surface area contributed by atoms with Crippen molar-refractivity contribution in [3.8, 4) is 16.9 Å². The summed E-state index contributed by atoms with van der Waals surface area (Å²) in [5.41, 5.74) is 2.27. The van der Waals surface area contributed by atoms with Gasteiger partial charge in [0.25, 0.3) is 0 Å². The average Bonchev–Trinajstić information content (AvgIpc) is 2.98. The summed E-state index contributed by atoms with van der Waals surface area (Å²) >= 11 is 0. The molecule has 0 aliphatic carbocycles. The Morgan fingerprint density at radius 3 is 2.83 bits per heavy atom. The number of alkyl carbamates (subject to hydrolysis) is 1. The lowest BCUT2D eigenvalue weighted by Gasteiger charge is -2.31. The van der Waals surface area contributed by atoms with E-state index in [9.17, 15) is 9.59 Å². The fourth-order valence-corrected chi connectivity index (χ4v) is 3.34. The molecule has 152 valence electrons. The Kier molecular flexibility index (Phi) is 4.77. The van der Waals surface area contributed by atoms with Crippen LogP contribution in [-0.4, -0.2) is 46.5 Å². The van der Waals surface area contributed by atoms with E-state index in [4.69, 9.17) is 14.2 Å². The molecule has 8 heteroatoms. The molecular formula is C21H23N3O5. The monoisotopic (exact) mass is 397 g/mol. The smallest absolute Gasteiger partial charge is 0.413 e. The van der Waals surface area contributed by atoms with E-state index in [0.717, 1.165) is 16.7 Å². The first-order valence-corrected chi connectivity index (χ1v) is 9.44. The molecule has 0 radical (unpaired) electrons. The van der Waals surface area contributed by atoms with Crippen molar-refractivity contribution >= 4 is 12.2 Å². The van der Waals surface area contributed by atoms with Crippen LogP contribution in [0.2, 0.25) is 0 Å². The third-order valence-corrected chi connectivity index (χ3v) is 4.60. The molecule has 4 rings (SSSR count). The van der Waals surface area contributed by atoms with Gasteiger partial charge in [0.05, 0.1) is 13.1 Å². The van der Waals surface area contributed by atoms with Gasteiger partial charge in [-0.25, -0.2) is 9.59 Å². The zero-order chi connectivity index (χ0) is 20.6. The van der Waals surface area contributed by atoms with Crippen molar-refractivity contribution in [2.24, 2.45) is 0 Å². The molecule has 3 heterocycles. The van der Waals surface area contributed by atoms with Gasteiger partial charge in [-0.15, -0.1) is 0 Å². The van der Waals surface area contributed by atoms with Gasteiger partial charge in [-0.3, -0.25) is 9.88 Å². The number of ether oxygens (including phenoxy) is 3. The number of benzene rings is 1. The number of hydrogen-bond acceptors (Lipinski definition) is 6. The predicted octanol–water partition coefficient (Wildman–Crippen LogP) is 3.31. The number of cyclic esters (lactones) is 1. The molecule has 2 aliphatic heterocycles. The van der Waals surface area contributed by atoms with Crippen molar-refractivity contribution in [1.29, 1.82) is 0 Å². The highest BCUT2D eigenvalue weighted by atomic mass is 16.6. The maximum Gasteiger partial charge on any atom is 0.413 e. The summed E-state index contributed by atoms with van der Waals surface area (Å²) in [7, 11) is 0. The molecule has 1 aromatic heterocycles. The van der Waals surface area contributed by atoms with Gasteiger partial charge in [0, 0.05) is 23.5 Å². The fraction of sp³-hybridized carbons (Fsp3) is 0.381. The number of hydrogen-bond donors (Lipinski definition) is 1. The van der Waals surface area contributed by atoms with Crippen molar-refractivity contribution in [3.05, 3.63) is 48.3 Å². The lowest BCUT2D eigenvalue weighted by Crippen LogP contribution is -2.48. The summed E-state index contributed by atoms with van der Waals surface area (Å²) in [5, 5.41) is 2.64. The Labute approximate surface area is 168 Å². The summed E-state index contributed by atoms with van der Waals surface area (Å²) in [4.78, 5) is 29.9. The van der Waals surface area contributed by atoms with Crippen LogP contribution in [0.25, 0.3) is 11.1 Å². The molecule has 2 aromatic rings. The lowest BCUT2D eigenvalue weighted by atomic mass is 10.0. The molecule has 0 spiro atoms. The minimum Gasteiger partial charge on any atom is -0.466 e. The van der Waals surface area contributed by atoms with Gasteiger partial charge in [0.1, 0.15) is 11.4 Å². The molecule has 2 amide bonds. The summed E-state index contributed by atoms with van der Waals surface area (Å²) in [5.74, 6) is 0.694. The highest BCUT2D eigenvalue weighted by molar-refractivity contribution is 5.73. The number of carbonyl (C=O) groups is 2. The maximum atomic E-state index is 12.3. The van der Waals surface area contributed by atoms with E-state index < -0.39 is 30.1 Å². The number of amides is 2. The molecule has 2 aliphatic rings. The second-order valence-electron chi connectivity index (χ2n) is 8.01. The lowest BCUT2D eigenvalue weighted by molar-refractivity contribution is 0.0145. The molecule has 1 saturated heterocycles. The molecule has 1 aromatic carbocycles. The Morgan fingerprint density at radius 2 is 2.10 bits per heavy atom. The molecule has 29 heavy (non-hydrogen) atoms. The number of nitrogens with one attached hydrogen (secondary N) is 1. The number of rotatable bonds is 3. The van der Waals surface area contributed by atoms with Crippen LogP contribution in [0.1, 0.15) is 26.3 Å². The molecule has 8 nitrogen and oxygen atoms in total. The number of aromatic nitrogens is 1. The third kappa shape index (κ3) is 4.11. The Hall–Kier alpha value is -3.29. The third-order valence-electron chi connectivity index (χ3n) is 4.60. The number of fused-ring (bicyclic) bond motifs is 2. The highest BCUT2D eigenvalue weighted by Gasteiger charge is 2.46. The first kappa shape index (κ1) is 19.0. The second-order valence-corrected chi connectivity index (χ2v) is 8.01. The molecule has 0 unspecified atom stereocenters. The number of nitrogens with zero attached hydrogens (tertiary/aromatic N) is 2. The minimum atomic E-state index is -0.624. The number of pyridine rings is 1. The van der Waals surface area contributed by atoms with Gasteiger partial charge in [-0.2, -0.15) is 0 Å². The second kappa shape index (κ2) is 7.27. The van der Waals surface area contributed by atoms with Crippen LogP contribution in [-0.2, 0) is 16.0 Å². The predicted molar refractivity (Wildman–Crippen MR) is 104 cm³/mol.